The van der Waals surface area contributed by atoms with Gasteiger partial charge in [0.05, 0.1) is 0 Å². The Labute approximate surface area is 157 Å². The van der Waals surface area contributed by atoms with Crippen molar-refractivity contribution in [1.29, 1.82) is 0 Å². The van der Waals surface area contributed by atoms with E-state index in [4.69, 9.17) is 4.74 Å². The predicted octanol–water partition coefficient (Wildman–Crippen LogP) is 3.32. The van der Waals surface area contributed by atoms with Gasteiger partial charge in [0, 0.05) is 5.56 Å². The Balaban J connectivity index is 1.48. The summed E-state index contributed by atoms with van der Waals surface area (Å²) >= 11 is 1.19. The zero-order valence-electron chi connectivity index (χ0n) is 14.2. The first-order valence-corrected chi connectivity index (χ1v) is 8.88. The molecular formula is C18H14FN5O2S. The summed E-state index contributed by atoms with van der Waals surface area (Å²) in [6, 6.07) is 13.7. The second kappa shape index (κ2) is 7.12. The molecule has 2 heterocycles. The number of nitrogens with zero attached hydrogens (tertiary/aromatic N) is 4. The van der Waals surface area contributed by atoms with E-state index in [2.05, 4.69) is 20.6 Å². The van der Waals surface area contributed by atoms with Crippen LogP contribution in [0.3, 0.4) is 0 Å². The first-order valence-electron chi connectivity index (χ1n) is 8.06. The normalized spacial score (nSPS) is 10.9. The van der Waals surface area contributed by atoms with Gasteiger partial charge in [0.25, 0.3) is 5.91 Å². The average Bonchev–Trinajstić information content (AvgIpc) is 3.21. The maximum atomic E-state index is 13.5. The number of carbonyl (C=O) groups is 1. The number of hydrogen-bond donors (Lipinski definition) is 1. The zero-order valence-corrected chi connectivity index (χ0v) is 15.0. The summed E-state index contributed by atoms with van der Waals surface area (Å²) in [5.74, 6) is -0.354. The molecule has 4 aromatic rings. The molecule has 27 heavy (non-hydrogen) atoms. The van der Waals surface area contributed by atoms with Gasteiger partial charge in [-0.05, 0) is 25.1 Å². The van der Waals surface area contributed by atoms with Crippen molar-refractivity contribution in [2.24, 2.45) is 0 Å². The number of carbonyl (C=O) groups excluding carboxylic acids is 1. The van der Waals surface area contributed by atoms with Crippen molar-refractivity contribution in [2.45, 2.75) is 6.92 Å². The van der Waals surface area contributed by atoms with Crippen molar-refractivity contribution in [3.8, 4) is 17.1 Å². The number of nitrogens with one attached hydrogen (secondary N) is 1. The number of rotatable bonds is 5. The number of benzene rings is 2. The summed E-state index contributed by atoms with van der Waals surface area (Å²) in [5.41, 5.74) is 1.98. The predicted molar refractivity (Wildman–Crippen MR) is 99.4 cm³/mol. The highest BCUT2D eigenvalue weighted by molar-refractivity contribution is 7.20. The van der Waals surface area contributed by atoms with E-state index in [1.807, 2.05) is 31.2 Å². The van der Waals surface area contributed by atoms with Crippen molar-refractivity contribution in [3.05, 3.63) is 59.9 Å². The Morgan fingerprint density at radius 2 is 2.07 bits per heavy atom. The molecule has 0 radical (unpaired) electrons. The number of para-hydroxylation sites is 1. The van der Waals surface area contributed by atoms with Crippen LogP contribution in [0.5, 0.6) is 5.75 Å². The molecule has 2 aromatic carbocycles. The molecule has 1 N–H and O–H groups in total. The topological polar surface area (TPSA) is 81.4 Å². The Bertz CT molecular complexity index is 1120. The minimum atomic E-state index is -0.521. The van der Waals surface area contributed by atoms with Crippen LogP contribution in [-0.4, -0.2) is 32.3 Å². The van der Waals surface area contributed by atoms with Gasteiger partial charge < -0.3 is 4.74 Å². The third-order valence-corrected chi connectivity index (χ3v) is 4.52. The lowest BCUT2D eigenvalue weighted by Crippen LogP contribution is -2.20. The number of ether oxygens (including phenoxy) is 1. The summed E-state index contributed by atoms with van der Waals surface area (Å²) in [7, 11) is 0. The SMILES string of the molecule is Cc1cccc(-c2nnc3sc(NC(=O)COc4ccccc4F)nn23)c1. The highest BCUT2D eigenvalue weighted by Crippen LogP contribution is 2.24. The van der Waals surface area contributed by atoms with E-state index in [1.54, 1.807) is 16.6 Å². The summed E-state index contributed by atoms with van der Waals surface area (Å²) in [5, 5.41) is 15.6. The monoisotopic (exact) mass is 383 g/mol. The van der Waals surface area contributed by atoms with E-state index in [0.29, 0.717) is 15.9 Å². The number of amides is 1. The van der Waals surface area contributed by atoms with Crippen LogP contribution >= 0.6 is 11.3 Å². The van der Waals surface area contributed by atoms with Crippen molar-refractivity contribution in [3.63, 3.8) is 0 Å². The number of anilines is 1. The van der Waals surface area contributed by atoms with Crippen molar-refractivity contribution in [2.75, 3.05) is 11.9 Å². The molecule has 1 amide bonds. The van der Waals surface area contributed by atoms with E-state index >= 15 is 0 Å². The fourth-order valence-corrected chi connectivity index (χ4v) is 3.25. The summed E-state index contributed by atoms with van der Waals surface area (Å²) < 4.78 is 20.3. The minimum Gasteiger partial charge on any atom is -0.481 e. The van der Waals surface area contributed by atoms with Crippen LogP contribution in [0, 0.1) is 12.7 Å². The summed E-state index contributed by atoms with van der Waals surface area (Å²) in [6.45, 7) is 1.66. The standard InChI is InChI=1S/C18H14FN5O2S/c1-11-5-4-6-12(9-11)16-21-22-18-24(16)23-17(27-18)20-15(25)10-26-14-8-3-2-7-13(14)19/h2-9H,10H2,1H3,(H,20,23,25). The molecule has 0 saturated carbocycles. The van der Waals surface area contributed by atoms with Gasteiger partial charge in [-0.25, -0.2) is 4.39 Å². The van der Waals surface area contributed by atoms with Gasteiger partial charge in [-0.2, -0.15) is 4.52 Å². The number of aromatic nitrogens is 4. The number of halogens is 1. The van der Waals surface area contributed by atoms with Crippen LogP contribution in [-0.2, 0) is 4.79 Å². The molecule has 0 saturated heterocycles. The molecule has 0 atom stereocenters. The molecule has 0 unspecified atom stereocenters. The van der Waals surface area contributed by atoms with Crippen LogP contribution in [0.15, 0.2) is 48.5 Å². The average molecular weight is 383 g/mol. The van der Waals surface area contributed by atoms with E-state index in [0.717, 1.165) is 11.1 Å². The Kier molecular flexibility index (Phi) is 4.51. The zero-order chi connectivity index (χ0) is 18.8. The molecule has 0 aliphatic carbocycles. The Morgan fingerprint density at radius 1 is 1.22 bits per heavy atom. The minimum absolute atomic E-state index is 0.0209. The highest BCUT2D eigenvalue weighted by Gasteiger charge is 2.15. The van der Waals surface area contributed by atoms with E-state index in [1.165, 1.54) is 23.5 Å². The van der Waals surface area contributed by atoms with Crippen molar-refractivity contribution >= 4 is 27.3 Å². The number of aryl methyl sites for hydroxylation is 1. The van der Waals surface area contributed by atoms with Gasteiger partial charge in [-0.1, -0.05) is 47.2 Å². The molecule has 7 nitrogen and oxygen atoms in total. The number of fused-ring (bicyclic) bond motifs is 1. The van der Waals surface area contributed by atoms with E-state index < -0.39 is 11.7 Å². The fourth-order valence-electron chi connectivity index (χ4n) is 2.49. The summed E-state index contributed by atoms with van der Waals surface area (Å²) in [4.78, 5) is 12.6. The Hall–Kier alpha value is -3.33. The van der Waals surface area contributed by atoms with Crippen molar-refractivity contribution in [1.82, 2.24) is 19.8 Å². The van der Waals surface area contributed by atoms with Gasteiger partial charge in [0.2, 0.25) is 10.1 Å². The van der Waals surface area contributed by atoms with E-state index in [-0.39, 0.29) is 12.4 Å². The molecular weight excluding hydrogens is 369 g/mol. The lowest BCUT2D eigenvalue weighted by atomic mass is 10.1. The van der Waals surface area contributed by atoms with Crippen molar-refractivity contribution < 1.29 is 13.9 Å². The van der Waals surface area contributed by atoms with Crippen LogP contribution in [0.1, 0.15) is 5.56 Å². The van der Waals surface area contributed by atoms with Gasteiger partial charge in [-0.3, -0.25) is 10.1 Å². The van der Waals surface area contributed by atoms with E-state index in [9.17, 15) is 9.18 Å². The molecule has 0 fully saturated rings. The van der Waals surface area contributed by atoms with Crippen LogP contribution in [0.2, 0.25) is 0 Å². The third kappa shape index (κ3) is 3.63. The third-order valence-electron chi connectivity index (χ3n) is 3.71. The van der Waals surface area contributed by atoms with Crippen LogP contribution < -0.4 is 10.1 Å². The molecule has 9 heteroatoms. The fraction of sp³-hybridized carbons (Fsp3) is 0.111. The lowest BCUT2D eigenvalue weighted by Gasteiger charge is -2.06. The summed E-state index contributed by atoms with van der Waals surface area (Å²) in [6.07, 6.45) is 0. The molecule has 0 aliphatic heterocycles. The number of hydrogen-bond acceptors (Lipinski definition) is 6. The second-order valence-corrected chi connectivity index (χ2v) is 6.72. The van der Waals surface area contributed by atoms with Gasteiger partial charge in [-0.15, -0.1) is 15.3 Å². The smallest absolute Gasteiger partial charge is 0.264 e. The highest BCUT2D eigenvalue weighted by atomic mass is 32.1. The van der Waals surface area contributed by atoms with Gasteiger partial charge in [0.15, 0.2) is 24.0 Å². The van der Waals surface area contributed by atoms with Gasteiger partial charge in [0.1, 0.15) is 0 Å². The second-order valence-electron chi connectivity index (χ2n) is 5.76. The molecule has 0 spiro atoms. The van der Waals surface area contributed by atoms with Gasteiger partial charge >= 0.3 is 0 Å². The molecule has 4 rings (SSSR count). The first-order chi connectivity index (χ1) is 13.1. The first kappa shape index (κ1) is 17.1. The quantitative estimate of drug-likeness (QED) is 0.572. The molecule has 136 valence electrons. The van der Waals surface area contributed by atoms with Crippen LogP contribution in [0.4, 0.5) is 9.52 Å². The molecule has 0 bridgehead atoms. The maximum Gasteiger partial charge on any atom is 0.264 e. The van der Waals surface area contributed by atoms with Crippen LogP contribution in [0.25, 0.3) is 16.3 Å². The molecule has 2 aromatic heterocycles. The maximum absolute atomic E-state index is 13.5. The lowest BCUT2D eigenvalue weighted by molar-refractivity contribution is -0.118. The largest absolute Gasteiger partial charge is 0.481 e. The Morgan fingerprint density at radius 3 is 2.89 bits per heavy atom. The molecule has 0 aliphatic rings.